The lowest BCUT2D eigenvalue weighted by Crippen LogP contribution is -2.45. The molecule has 0 amide bonds. The summed E-state index contributed by atoms with van der Waals surface area (Å²) in [6.07, 6.45) is 1.99. The number of nitrogens with one attached hydrogen (secondary N) is 2. The van der Waals surface area contributed by atoms with E-state index in [9.17, 15) is 0 Å². The first-order chi connectivity index (χ1) is 19.8. The first-order valence-electron chi connectivity index (χ1n) is 14.7. The maximum absolute atomic E-state index is 6.06. The van der Waals surface area contributed by atoms with Crippen LogP contribution in [-0.2, 0) is 24.2 Å². The predicted octanol–water partition coefficient (Wildman–Crippen LogP) is 3.04. The number of benzene rings is 2. The molecule has 40 heavy (non-hydrogen) atoms. The molecule has 0 unspecified atom stereocenters. The number of morpholine rings is 1. The van der Waals surface area contributed by atoms with E-state index in [1.165, 1.54) is 11.1 Å². The van der Waals surface area contributed by atoms with Gasteiger partial charge in [0.15, 0.2) is 5.82 Å². The molecule has 0 bridgehead atoms. The van der Waals surface area contributed by atoms with Gasteiger partial charge in [-0.15, -0.1) is 5.06 Å². The second-order valence-electron chi connectivity index (χ2n) is 10.8. The van der Waals surface area contributed by atoms with Crippen LogP contribution >= 0.6 is 0 Å². The summed E-state index contributed by atoms with van der Waals surface area (Å²) >= 11 is 0. The second kappa shape index (κ2) is 13.5. The molecule has 4 heterocycles. The highest BCUT2D eigenvalue weighted by molar-refractivity contribution is 5.61. The Hall–Kier alpha value is -3.08. The molecule has 3 aromatic rings. The summed E-state index contributed by atoms with van der Waals surface area (Å²) in [5, 5.41) is 9.07. The maximum atomic E-state index is 6.06. The van der Waals surface area contributed by atoms with Crippen LogP contribution in [0.5, 0.6) is 5.75 Å². The van der Waals surface area contributed by atoms with Crippen molar-refractivity contribution in [2.45, 2.75) is 25.9 Å². The van der Waals surface area contributed by atoms with Crippen molar-refractivity contribution in [3.05, 3.63) is 71.4 Å². The van der Waals surface area contributed by atoms with Crippen molar-refractivity contribution in [3.8, 4) is 17.1 Å². The molecule has 2 fully saturated rings. The number of hydrogen-bond acceptors (Lipinski definition) is 9. The molecule has 0 saturated carbocycles. The van der Waals surface area contributed by atoms with E-state index < -0.39 is 0 Å². The summed E-state index contributed by atoms with van der Waals surface area (Å²) in [6, 6.07) is 18.9. The molecule has 2 saturated heterocycles. The van der Waals surface area contributed by atoms with E-state index in [0.717, 1.165) is 127 Å². The summed E-state index contributed by atoms with van der Waals surface area (Å²) in [5.74, 6) is 2.60. The number of aromatic nitrogens is 2. The third kappa shape index (κ3) is 7.16. The highest BCUT2D eigenvalue weighted by atomic mass is 16.7. The standard InChI is InChI=1S/C31H41N7O2/c1-2-5-25(6-3-1)23-37-16-11-29-28(24-37)31(33-12-4-15-36-19-21-39-22-20-36)35-30(34-29)26-7-9-27(10-8-26)40-38-17-13-32-14-18-38/h1-3,5-10,32H,4,11-24H2,(H,33,34,35). The van der Waals surface area contributed by atoms with Crippen molar-refractivity contribution in [2.24, 2.45) is 0 Å². The van der Waals surface area contributed by atoms with Gasteiger partial charge in [0.05, 0.1) is 18.9 Å². The van der Waals surface area contributed by atoms with Crippen LogP contribution in [0.1, 0.15) is 23.2 Å². The largest absolute Gasteiger partial charge is 0.406 e. The zero-order valence-electron chi connectivity index (χ0n) is 23.4. The zero-order valence-corrected chi connectivity index (χ0v) is 23.4. The van der Waals surface area contributed by atoms with Gasteiger partial charge in [-0.3, -0.25) is 9.80 Å². The van der Waals surface area contributed by atoms with Gasteiger partial charge in [-0.1, -0.05) is 30.3 Å². The topological polar surface area (TPSA) is 78.0 Å². The minimum atomic E-state index is 0.777. The van der Waals surface area contributed by atoms with E-state index in [1.54, 1.807) is 0 Å². The number of piperazine rings is 1. The fourth-order valence-electron chi connectivity index (χ4n) is 5.61. The van der Waals surface area contributed by atoms with Crippen LogP contribution < -0.4 is 15.5 Å². The van der Waals surface area contributed by atoms with Crippen LogP contribution in [0.25, 0.3) is 11.4 Å². The van der Waals surface area contributed by atoms with Gasteiger partial charge in [0.1, 0.15) is 11.6 Å². The van der Waals surface area contributed by atoms with E-state index >= 15 is 0 Å². The Morgan fingerprint density at radius 2 is 1.68 bits per heavy atom. The normalized spacial score (nSPS) is 18.8. The van der Waals surface area contributed by atoms with Gasteiger partial charge in [-0.05, 0) is 42.8 Å². The van der Waals surface area contributed by atoms with Crippen LogP contribution in [0.4, 0.5) is 5.82 Å². The van der Waals surface area contributed by atoms with Crippen molar-refractivity contribution < 1.29 is 9.57 Å². The highest BCUT2D eigenvalue weighted by Crippen LogP contribution is 2.29. The molecule has 3 aliphatic heterocycles. The fraction of sp³-hybridized carbons (Fsp3) is 0.484. The van der Waals surface area contributed by atoms with Crippen molar-refractivity contribution in [1.82, 2.24) is 30.1 Å². The quantitative estimate of drug-likeness (QED) is 0.375. The molecule has 0 radical (unpaired) electrons. The van der Waals surface area contributed by atoms with Gasteiger partial charge < -0.3 is 20.2 Å². The second-order valence-corrected chi connectivity index (χ2v) is 10.8. The van der Waals surface area contributed by atoms with Gasteiger partial charge >= 0.3 is 0 Å². The fourth-order valence-corrected chi connectivity index (χ4v) is 5.61. The van der Waals surface area contributed by atoms with E-state index in [4.69, 9.17) is 19.5 Å². The molecule has 0 spiro atoms. The Morgan fingerprint density at radius 1 is 0.875 bits per heavy atom. The summed E-state index contributed by atoms with van der Waals surface area (Å²) in [6.45, 7) is 12.1. The van der Waals surface area contributed by atoms with Gasteiger partial charge in [0.25, 0.3) is 0 Å². The summed E-state index contributed by atoms with van der Waals surface area (Å²) in [4.78, 5) is 21.2. The molecule has 9 heteroatoms. The number of hydrogen-bond donors (Lipinski definition) is 2. The lowest BCUT2D eigenvalue weighted by molar-refractivity contribution is -0.0664. The van der Waals surface area contributed by atoms with Gasteiger partial charge in [-0.25, -0.2) is 9.97 Å². The number of fused-ring (bicyclic) bond motifs is 1. The monoisotopic (exact) mass is 543 g/mol. The summed E-state index contributed by atoms with van der Waals surface area (Å²) < 4.78 is 5.50. The van der Waals surface area contributed by atoms with Crippen LogP contribution in [0.2, 0.25) is 0 Å². The number of ether oxygens (including phenoxy) is 1. The van der Waals surface area contributed by atoms with Crippen molar-refractivity contribution in [1.29, 1.82) is 0 Å². The third-order valence-electron chi connectivity index (χ3n) is 7.86. The highest BCUT2D eigenvalue weighted by Gasteiger charge is 2.23. The Bertz CT molecular complexity index is 1210. The van der Waals surface area contributed by atoms with Gasteiger partial charge in [0.2, 0.25) is 0 Å². The van der Waals surface area contributed by atoms with Crippen molar-refractivity contribution >= 4 is 5.82 Å². The summed E-state index contributed by atoms with van der Waals surface area (Å²) in [5.41, 5.74) is 4.74. The minimum Gasteiger partial charge on any atom is -0.406 e. The number of nitrogens with zero attached hydrogens (tertiary/aromatic N) is 5. The molecule has 2 N–H and O–H groups in total. The lowest BCUT2D eigenvalue weighted by Gasteiger charge is -2.30. The number of rotatable bonds is 10. The summed E-state index contributed by atoms with van der Waals surface area (Å²) in [7, 11) is 0. The molecule has 9 nitrogen and oxygen atoms in total. The SMILES string of the molecule is c1ccc(CN2CCc3nc(-c4ccc(ON5CCNCC5)cc4)nc(NCCCN4CCOCC4)c3C2)cc1. The van der Waals surface area contributed by atoms with E-state index in [2.05, 4.69) is 62.9 Å². The van der Waals surface area contributed by atoms with Crippen LogP contribution in [0.3, 0.4) is 0 Å². The zero-order chi connectivity index (χ0) is 27.0. The van der Waals surface area contributed by atoms with Gasteiger partial charge in [0, 0.05) is 83.0 Å². The molecular formula is C31H41N7O2. The Morgan fingerprint density at radius 3 is 2.48 bits per heavy atom. The van der Waals surface area contributed by atoms with Crippen molar-refractivity contribution in [3.63, 3.8) is 0 Å². The van der Waals surface area contributed by atoms with Crippen LogP contribution in [0, 0.1) is 0 Å². The van der Waals surface area contributed by atoms with Crippen molar-refractivity contribution in [2.75, 3.05) is 77.4 Å². The maximum Gasteiger partial charge on any atom is 0.161 e. The molecule has 212 valence electrons. The minimum absolute atomic E-state index is 0.777. The molecule has 3 aliphatic rings. The molecule has 6 rings (SSSR count). The van der Waals surface area contributed by atoms with Gasteiger partial charge in [-0.2, -0.15) is 0 Å². The first-order valence-corrected chi connectivity index (χ1v) is 14.7. The van der Waals surface area contributed by atoms with Crippen LogP contribution in [0.15, 0.2) is 54.6 Å². The Kier molecular flexibility index (Phi) is 9.16. The number of anilines is 1. The van der Waals surface area contributed by atoms with Crippen LogP contribution in [-0.4, -0.2) is 96.9 Å². The Labute approximate surface area is 237 Å². The smallest absolute Gasteiger partial charge is 0.161 e. The average molecular weight is 544 g/mol. The molecule has 1 aromatic heterocycles. The predicted molar refractivity (Wildman–Crippen MR) is 157 cm³/mol. The van der Waals surface area contributed by atoms with E-state index in [-0.39, 0.29) is 0 Å². The molecule has 0 aliphatic carbocycles. The molecular weight excluding hydrogens is 502 g/mol. The third-order valence-corrected chi connectivity index (χ3v) is 7.86. The molecule has 2 aromatic carbocycles. The number of hydroxylamine groups is 2. The van der Waals surface area contributed by atoms with E-state index in [1.807, 2.05) is 17.2 Å². The Balaban J connectivity index is 1.17. The average Bonchev–Trinajstić information content (AvgIpc) is 3.01. The first kappa shape index (κ1) is 27.1. The molecule has 0 atom stereocenters. The van der Waals surface area contributed by atoms with E-state index in [0.29, 0.717) is 0 Å². The lowest BCUT2D eigenvalue weighted by atomic mass is 10.0.